The zero-order chi connectivity index (χ0) is 30.0. The summed E-state index contributed by atoms with van der Waals surface area (Å²) in [6.07, 6.45) is 16.4. The van der Waals surface area contributed by atoms with Gasteiger partial charge >= 0.3 is 0 Å². The normalized spacial score (nSPS) is 11.7. The smallest absolute Gasteiger partial charge is 0.239 e. The van der Waals surface area contributed by atoms with Crippen molar-refractivity contribution in [3.63, 3.8) is 0 Å². The zero-order valence-corrected chi connectivity index (χ0v) is 29.5. The Morgan fingerprint density at radius 1 is 0.488 bits per heavy atom. The Labute approximate surface area is 277 Å². The van der Waals surface area contributed by atoms with Crippen molar-refractivity contribution in [3.8, 4) is 5.95 Å². The van der Waals surface area contributed by atoms with E-state index in [1.54, 1.807) is 23.5 Å². The van der Waals surface area contributed by atoms with Gasteiger partial charge in [0.05, 0.1) is 11.0 Å². The second kappa shape index (κ2) is 20.6. The van der Waals surface area contributed by atoms with Crippen LogP contribution in [0, 0.1) is 0 Å². The van der Waals surface area contributed by atoms with Crippen molar-refractivity contribution in [2.45, 2.75) is 101 Å². The first-order chi connectivity index (χ1) is 21.3. The molecule has 43 heavy (non-hydrogen) atoms. The Bertz CT molecular complexity index is 1250. The highest BCUT2D eigenvalue weighted by molar-refractivity contribution is 8.03. The average molecular weight is 655 g/mol. The van der Waals surface area contributed by atoms with E-state index in [1.165, 1.54) is 99.3 Å². The Morgan fingerprint density at radius 2 is 0.930 bits per heavy atom. The van der Waals surface area contributed by atoms with Gasteiger partial charge in [0.15, 0.2) is 10.3 Å². The minimum absolute atomic E-state index is 0.733. The molecular weight excluding hydrogens is 605 g/mol. The predicted molar refractivity (Wildman–Crippen MR) is 197 cm³/mol. The molecule has 4 rings (SSSR count). The van der Waals surface area contributed by atoms with E-state index in [0.29, 0.717) is 0 Å². The lowest BCUT2D eigenvalue weighted by Crippen LogP contribution is -2.06. The summed E-state index contributed by atoms with van der Waals surface area (Å²) in [5.41, 5.74) is 2.29. The predicted octanol–water partition coefficient (Wildman–Crippen LogP) is 11.3. The van der Waals surface area contributed by atoms with Crippen LogP contribution in [0.5, 0.6) is 0 Å². The van der Waals surface area contributed by atoms with Gasteiger partial charge in [0, 0.05) is 33.8 Å². The summed E-state index contributed by atoms with van der Waals surface area (Å²) in [4.78, 5) is 15.0. The van der Waals surface area contributed by atoms with Gasteiger partial charge in [-0.2, -0.15) is 38.5 Å². The monoisotopic (exact) mass is 654 g/mol. The van der Waals surface area contributed by atoms with Crippen molar-refractivity contribution in [3.05, 3.63) is 48.5 Å². The van der Waals surface area contributed by atoms with Crippen LogP contribution in [-0.4, -0.2) is 54.0 Å². The van der Waals surface area contributed by atoms with Crippen LogP contribution in [0.4, 0.5) is 0 Å². The van der Waals surface area contributed by atoms with E-state index in [-0.39, 0.29) is 0 Å². The molecule has 0 saturated carbocycles. The van der Waals surface area contributed by atoms with Crippen LogP contribution < -0.4 is 0 Å². The molecule has 8 heteroatoms. The number of aromatic nitrogens is 4. The zero-order valence-electron chi connectivity index (χ0n) is 26.3. The van der Waals surface area contributed by atoms with Crippen LogP contribution in [0.1, 0.15) is 90.9 Å². The third kappa shape index (κ3) is 11.5. The standard InChI is InChI=1S/C35H50N4S4/c1-3-5-7-9-11-17-23-40-25-27-42-34-36-33(37-35(38-34)43-28-26-41-24-18-12-10-8-6-4-2)39-31-21-15-13-19-29(31)30-20-14-16-22-32(30)39/h13-16,19-22H,3-12,17-18,23-28H2,1-2H3. The van der Waals surface area contributed by atoms with Gasteiger partial charge < -0.3 is 0 Å². The van der Waals surface area contributed by atoms with Gasteiger partial charge in [0.25, 0.3) is 0 Å². The second-order valence-corrected chi connectivity index (χ2v) is 15.6. The molecule has 0 unspecified atom stereocenters. The Hall–Kier alpha value is -1.35. The summed E-state index contributed by atoms with van der Waals surface area (Å²) in [6, 6.07) is 17.2. The third-order valence-electron chi connectivity index (χ3n) is 7.56. The number of para-hydroxylation sites is 2. The number of fused-ring (bicyclic) bond motifs is 3. The largest absolute Gasteiger partial charge is 0.278 e. The Balaban J connectivity index is 1.38. The van der Waals surface area contributed by atoms with E-state index < -0.39 is 0 Å². The number of hydrogen-bond acceptors (Lipinski definition) is 7. The fourth-order valence-electron chi connectivity index (χ4n) is 5.25. The minimum atomic E-state index is 0.733. The second-order valence-electron chi connectivity index (χ2n) is 11.0. The molecule has 0 spiro atoms. The maximum Gasteiger partial charge on any atom is 0.239 e. The molecule has 0 aliphatic carbocycles. The number of hydrogen-bond donors (Lipinski definition) is 0. The van der Waals surface area contributed by atoms with E-state index >= 15 is 0 Å². The molecule has 0 aliphatic rings. The van der Waals surface area contributed by atoms with E-state index in [1.807, 2.05) is 0 Å². The van der Waals surface area contributed by atoms with E-state index in [4.69, 9.17) is 15.0 Å². The first kappa shape index (κ1) is 34.5. The van der Waals surface area contributed by atoms with Gasteiger partial charge in [0.2, 0.25) is 5.95 Å². The molecule has 0 atom stereocenters. The molecule has 0 N–H and O–H groups in total. The van der Waals surface area contributed by atoms with Crippen LogP contribution >= 0.6 is 47.0 Å². The van der Waals surface area contributed by atoms with Crippen molar-refractivity contribution in [2.24, 2.45) is 0 Å². The maximum atomic E-state index is 5.03. The highest BCUT2D eigenvalue weighted by atomic mass is 32.2. The number of benzene rings is 2. The summed E-state index contributed by atoms with van der Waals surface area (Å²) < 4.78 is 2.22. The molecule has 0 saturated heterocycles. The van der Waals surface area contributed by atoms with Gasteiger partial charge in [-0.05, 0) is 36.5 Å². The van der Waals surface area contributed by atoms with E-state index in [0.717, 1.165) is 50.3 Å². The first-order valence-corrected chi connectivity index (χ1v) is 20.8. The molecule has 0 radical (unpaired) electrons. The highest BCUT2D eigenvalue weighted by Gasteiger charge is 2.16. The van der Waals surface area contributed by atoms with E-state index in [2.05, 4.69) is 90.5 Å². The van der Waals surface area contributed by atoms with Crippen molar-refractivity contribution in [2.75, 3.05) is 34.5 Å². The molecule has 0 amide bonds. The topological polar surface area (TPSA) is 43.6 Å². The van der Waals surface area contributed by atoms with Crippen molar-refractivity contribution in [1.29, 1.82) is 0 Å². The summed E-state index contributed by atoms with van der Waals surface area (Å²) in [7, 11) is 0. The molecule has 0 fully saturated rings. The molecular formula is C35H50N4S4. The number of nitrogens with zero attached hydrogens (tertiary/aromatic N) is 4. The summed E-state index contributed by atoms with van der Waals surface area (Å²) >= 11 is 7.69. The average Bonchev–Trinajstić information content (AvgIpc) is 3.37. The molecule has 0 aliphatic heterocycles. The summed E-state index contributed by atoms with van der Waals surface area (Å²) in [5.74, 6) is 7.56. The van der Waals surface area contributed by atoms with Gasteiger partial charge in [-0.25, -0.2) is 0 Å². The fourth-order valence-corrected chi connectivity index (χ4v) is 9.10. The van der Waals surface area contributed by atoms with Crippen LogP contribution in [0.3, 0.4) is 0 Å². The van der Waals surface area contributed by atoms with Gasteiger partial charge in [-0.1, -0.05) is 138 Å². The Morgan fingerprint density at radius 3 is 1.42 bits per heavy atom. The number of unbranched alkanes of at least 4 members (excludes halogenated alkanes) is 10. The quantitative estimate of drug-likeness (QED) is 0.0582. The van der Waals surface area contributed by atoms with E-state index in [9.17, 15) is 0 Å². The molecule has 4 nitrogen and oxygen atoms in total. The van der Waals surface area contributed by atoms with Gasteiger partial charge in [-0.15, -0.1) is 0 Å². The lowest BCUT2D eigenvalue weighted by Gasteiger charge is -2.10. The molecule has 4 aromatic rings. The van der Waals surface area contributed by atoms with Crippen LogP contribution in [0.25, 0.3) is 27.8 Å². The van der Waals surface area contributed by atoms with Gasteiger partial charge in [0.1, 0.15) is 0 Å². The number of rotatable bonds is 23. The van der Waals surface area contributed by atoms with Crippen molar-refractivity contribution in [1.82, 2.24) is 19.5 Å². The fraction of sp³-hybridized carbons (Fsp3) is 0.571. The lowest BCUT2D eigenvalue weighted by atomic mass is 10.1. The maximum absolute atomic E-state index is 5.03. The van der Waals surface area contributed by atoms with Crippen molar-refractivity contribution >= 4 is 68.9 Å². The molecule has 2 aromatic heterocycles. The summed E-state index contributed by atoms with van der Waals surface area (Å²) in [6.45, 7) is 4.56. The SMILES string of the molecule is CCCCCCCCSCCSc1nc(SCCSCCCCCCCC)nc(-n2c3ccccc3c3ccccc32)n1. The lowest BCUT2D eigenvalue weighted by molar-refractivity contribution is 0.627. The third-order valence-corrected chi connectivity index (χ3v) is 11.9. The van der Waals surface area contributed by atoms with Crippen molar-refractivity contribution < 1.29 is 0 Å². The van der Waals surface area contributed by atoms with Crippen LogP contribution in [0.15, 0.2) is 58.8 Å². The van der Waals surface area contributed by atoms with Gasteiger partial charge in [-0.3, -0.25) is 4.57 Å². The highest BCUT2D eigenvalue weighted by Crippen LogP contribution is 2.32. The Kier molecular flexibility index (Phi) is 16.6. The molecule has 234 valence electrons. The molecule has 2 aromatic carbocycles. The summed E-state index contributed by atoms with van der Waals surface area (Å²) in [5, 5.41) is 4.15. The number of thioether (sulfide) groups is 4. The first-order valence-electron chi connectivity index (χ1n) is 16.5. The minimum Gasteiger partial charge on any atom is -0.278 e. The van der Waals surface area contributed by atoms with Crippen LogP contribution in [0.2, 0.25) is 0 Å². The van der Waals surface area contributed by atoms with Crippen LogP contribution in [-0.2, 0) is 0 Å². The molecule has 2 heterocycles. The molecule has 0 bridgehead atoms.